The largest absolute Gasteiger partial charge is 0.384 e. The van der Waals surface area contributed by atoms with Crippen molar-refractivity contribution in [3.8, 4) is 11.4 Å². The molecular formula is C22H24ClN5O3S. The van der Waals surface area contributed by atoms with Crippen molar-refractivity contribution in [1.29, 1.82) is 0 Å². The van der Waals surface area contributed by atoms with Crippen molar-refractivity contribution in [3.63, 3.8) is 0 Å². The van der Waals surface area contributed by atoms with Gasteiger partial charge in [0.2, 0.25) is 0 Å². The first-order valence-corrected chi connectivity index (χ1v) is 11.7. The van der Waals surface area contributed by atoms with E-state index in [9.17, 15) is 13.2 Å². The number of nitrogens with one attached hydrogen (secondary N) is 2. The highest BCUT2D eigenvalue weighted by Crippen LogP contribution is 2.35. The summed E-state index contributed by atoms with van der Waals surface area (Å²) in [7, 11) is -3.81. The minimum Gasteiger partial charge on any atom is -0.384 e. The predicted molar refractivity (Wildman–Crippen MR) is 126 cm³/mol. The monoisotopic (exact) mass is 473 g/mol. The van der Waals surface area contributed by atoms with Crippen LogP contribution in [0.5, 0.6) is 0 Å². The lowest BCUT2D eigenvalue weighted by molar-refractivity contribution is 0.252. The van der Waals surface area contributed by atoms with Crippen molar-refractivity contribution in [2.24, 2.45) is 0 Å². The lowest BCUT2D eigenvalue weighted by Crippen LogP contribution is -2.31. The van der Waals surface area contributed by atoms with Crippen LogP contribution in [0.1, 0.15) is 26.5 Å². The molecule has 1 aromatic heterocycles. The van der Waals surface area contributed by atoms with Crippen LogP contribution in [0.15, 0.2) is 59.5 Å². The predicted octanol–water partition coefficient (Wildman–Crippen LogP) is 4.23. The fourth-order valence-corrected chi connectivity index (χ4v) is 4.58. The summed E-state index contributed by atoms with van der Waals surface area (Å²) in [5.74, 6) is 0.429. The van der Waals surface area contributed by atoms with Crippen LogP contribution in [0, 0.1) is 0 Å². The zero-order chi connectivity index (χ0) is 23.5. The van der Waals surface area contributed by atoms with Gasteiger partial charge >= 0.3 is 6.03 Å². The lowest BCUT2D eigenvalue weighted by atomic mass is 10.1. The molecule has 2 amide bonds. The molecule has 3 rings (SSSR count). The number of nitrogens with zero attached hydrogens (tertiary/aromatic N) is 2. The summed E-state index contributed by atoms with van der Waals surface area (Å²) in [5, 5.41) is 5.80. The number of nitrogens with two attached hydrogens (primary N) is 1. The van der Waals surface area contributed by atoms with Crippen LogP contribution in [0.4, 0.5) is 16.3 Å². The SMILES string of the molecule is CCNC(=O)Nc1ccc(-c2nc(N)cc(C(C)(C)S(=O)(=O)c3ccc(Cl)cc3)n2)cc1. The van der Waals surface area contributed by atoms with Crippen molar-refractivity contribution >= 4 is 39.0 Å². The normalized spacial score (nSPS) is 11.8. The second kappa shape index (κ2) is 9.13. The Balaban J connectivity index is 1.96. The first-order chi connectivity index (χ1) is 15.0. The van der Waals surface area contributed by atoms with Gasteiger partial charge in [0.1, 0.15) is 10.6 Å². The Labute approximate surface area is 192 Å². The maximum atomic E-state index is 13.3. The molecule has 4 N–H and O–H groups in total. The molecule has 3 aromatic rings. The summed E-state index contributed by atoms with van der Waals surface area (Å²) in [6, 6.07) is 14.0. The number of benzene rings is 2. The standard InChI is InChI=1S/C22H24ClN5O3S/c1-4-25-21(29)26-16-9-5-14(6-10-16)20-27-18(13-19(24)28-20)22(2,3)32(30,31)17-11-7-15(23)8-12-17/h5-13H,4H2,1-3H3,(H2,24,27,28)(H2,25,26,29). The average Bonchev–Trinajstić information content (AvgIpc) is 2.74. The molecular weight excluding hydrogens is 450 g/mol. The fourth-order valence-electron chi connectivity index (χ4n) is 2.99. The Morgan fingerprint density at radius 2 is 1.69 bits per heavy atom. The van der Waals surface area contributed by atoms with Gasteiger partial charge in [-0.2, -0.15) is 0 Å². The number of rotatable bonds is 6. The molecule has 0 aliphatic carbocycles. The molecule has 1 heterocycles. The van der Waals surface area contributed by atoms with Crippen LogP contribution in [-0.2, 0) is 14.6 Å². The number of halogens is 1. The highest BCUT2D eigenvalue weighted by Gasteiger charge is 2.39. The van der Waals surface area contributed by atoms with Gasteiger partial charge in [0.05, 0.1) is 10.6 Å². The molecule has 0 radical (unpaired) electrons. The Morgan fingerprint density at radius 1 is 1.06 bits per heavy atom. The maximum absolute atomic E-state index is 13.3. The van der Waals surface area contributed by atoms with Crippen molar-refractivity contribution in [3.05, 3.63) is 65.3 Å². The minimum absolute atomic E-state index is 0.131. The van der Waals surface area contributed by atoms with Crippen LogP contribution in [-0.4, -0.2) is 31.0 Å². The van der Waals surface area contributed by atoms with Gasteiger partial charge in [-0.15, -0.1) is 0 Å². The lowest BCUT2D eigenvalue weighted by Gasteiger charge is -2.25. The quantitative estimate of drug-likeness (QED) is 0.491. The van der Waals surface area contributed by atoms with E-state index in [1.807, 2.05) is 6.92 Å². The van der Waals surface area contributed by atoms with Crippen molar-refractivity contribution in [1.82, 2.24) is 15.3 Å². The Bertz CT molecular complexity index is 1230. The van der Waals surface area contributed by atoms with Crippen LogP contribution in [0.2, 0.25) is 5.02 Å². The first kappa shape index (κ1) is 23.5. The van der Waals surface area contributed by atoms with E-state index in [0.29, 0.717) is 22.8 Å². The van der Waals surface area contributed by atoms with E-state index in [0.717, 1.165) is 0 Å². The van der Waals surface area contributed by atoms with Gasteiger partial charge < -0.3 is 16.4 Å². The number of urea groups is 1. The molecule has 8 nitrogen and oxygen atoms in total. The number of hydrogen-bond donors (Lipinski definition) is 3. The second-order valence-electron chi connectivity index (χ2n) is 7.53. The van der Waals surface area contributed by atoms with Crippen LogP contribution >= 0.6 is 11.6 Å². The summed E-state index contributed by atoms with van der Waals surface area (Å²) in [5.41, 5.74) is 7.48. The van der Waals surface area contributed by atoms with E-state index in [-0.39, 0.29) is 28.3 Å². The molecule has 0 aliphatic rings. The summed E-state index contributed by atoms with van der Waals surface area (Å²) in [4.78, 5) is 20.6. The van der Waals surface area contributed by atoms with Crippen molar-refractivity contribution < 1.29 is 13.2 Å². The Morgan fingerprint density at radius 3 is 2.28 bits per heavy atom. The van der Waals surface area contributed by atoms with Crippen molar-refractivity contribution in [2.45, 2.75) is 30.4 Å². The van der Waals surface area contributed by atoms with Gasteiger partial charge in [-0.3, -0.25) is 0 Å². The van der Waals surface area contributed by atoms with E-state index in [1.54, 1.807) is 38.1 Å². The molecule has 10 heteroatoms. The summed E-state index contributed by atoms with van der Waals surface area (Å²) >= 11 is 5.90. The zero-order valence-electron chi connectivity index (χ0n) is 17.9. The van der Waals surface area contributed by atoms with Gasteiger partial charge in [0.25, 0.3) is 0 Å². The fraction of sp³-hybridized carbons (Fsp3) is 0.227. The maximum Gasteiger partial charge on any atom is 0.319 e. The third kappa shape index (κ3) is 4.84. The molecule has 32 heavy (non-hydrogen) atoms. The minimum atomic E-state index is -3.81. The van der Waals surface area contributed by atoms with Gasteiger partial charge in [0.15, 0.2) is 15.7 Å². The highest BCUT2D eigenvalue weighted by molar-refractivity contribution is 7.92. The molecule has 0 unspecified atom stereocenters. The number of aromatic nitrogens is 2. The summed E-state index contributed by atoms with van der Waals surface area (Å²) in [6.07, 6.45) is 0. The van der Waals surface area contributed by atoms with E-state index in [4.69, 9.17) is 17.3 Å². The molecule has 0 aliphatic heterocycles. The number of amides is 2. The van der Waals surface area contributed by atoms with E-state index in [2.05, 4.69) is 20.6 Å². The van der Waals surface area contributed by atoms with Gasteiger partial charge in [-0.25, -0.2) is 23.2 Å². The average molecular weight is 474 g/mol. The van der Waals surface area contributed by atoms with Gasteiger partial charge in [-0.1, -0.05) is 11.6 Å². The number of anilines is 2. The molecule has 0 spiro atoms. The third-order valence-electron chi connectivity index (χ3n) is 4.90. The number of carbonyl (C=O) groups is 1. The number of sulfone groups is 1. The molecule has 168 valence electrons. The van der Waals surface area contributed by atoms with Crippen LogP contribution < -0.4 is 16.4 Å². The number of hydrogen-bond acceptors (Lipinski definition) is 6. The summed E-state index contributed by atoms with van der Waals surface area (Å²) < 4.78 is 25.3. The van der Waals surface area contributed by atoms with Crippen molar-refractivity contribution in [2.75, 3.05) is 17.6 Å². The van der Waals surface area contributed by atoms with Crippen LogP contribution in [0.3, 0.4) is 0 Å². The molecule has 2 aromatic carbocycles. The van der Waals surface area contributed by atoms with Crippen LogP contribution in [0.25, 0.3) is 11.4 Å². The zero-order valence-corrected chi connectivity index (χ0v) is 19.5. The Hall–Kier alpha value is -3.17. The summed E-state index contributed by atoms with van der Waals surface area (Å²) in [6.45, 7) is 5.48. The topological polar surface area (TPSA) is 127 Å². The van der Waals surface area contributed by atoms with E-state index < -0.39 is 14.6 Å². The highest BCUT2D eigenvalue weighted by atomic mass is 35.5. The molecule has 0 saturated heterocycles. The molecule has 0 saturated carbocycles. The van der Waals surface area contributed by atoms with E-state index >= 15 is 0 Å². The first-order valence-electron chi connectivity index (χ1n) is 9.85. The molecule has 0 fully saturated rings. The molecule has 0 atom stereocenters. The number of nitrogen functional groups attached to an aromatic ring is 1. The molecule has 0 bridgehead atoms. The van der Waals surface area contributed by atoms with E-state index in [1.165, 1.54) is 30.3 Å². The smallest absolute Gasteiger partial charge is 0.319 e. The third-order valence-corrected chi connectivity index (χ3v) is 7.59. The second-order valence-corrected chi connectivity index (χ2v) is 10.5. The number of carbonyl (C=O) groups excluding carboxylic acids is 1. The van der Waals surface area contributed by atoms with Gasteiger partial charge in [0, 0.05) is 28.9 Å². The van der Waals surface area contributed by atoms with Gasteiger partial charge in [-0.05, 0) is 69.3 Å². The Kier molecular flexibility index (Phi) is 6.71.